The van der Waals surface area contributed by atoms with Gasteiger partial charge in [0.15, 0.2) is 0 Å². The number of aryl methyl sites for hydroxylation is 1. The van der Waals surface area contributed by atoms with E-state index in [0.29, 0.717) is 6.61 Å². The first-order valence-corrected chi connectivity index (χ1v) is 13.4. The van der Waals surface area contributed by atoms with Gasteiger partial charge in [0.1, 0.15) is 11.6 Å². The highest BCUT2D eigenvalue weighted by Gasteiger charge is 2.07. The lowest BCUT2D eigenvalue weighted by molar-refractivity contribution is 0.0475. The normalized spacial score (nSPS) is 11.9. The van der Waals surface area contributed by atoms with Crippen molar-refractivity contribution < 1.29 is 9.47 Å². The van der Waals surface area contributed by atoms with E-state index < -0.39 is 0 Å². The summed E-state index contributed by atoms with van der Waals surface area (Å²) in [5, 5.41) is 0. The van der Waals surface area contributed by atoms with Crippen LogP contribution in [0.3, 0.4) is 0 Å². The number of unbranched alkanes of at least 4 members (excludes halogenated alkanes) is 7. The Labute approximate surface area is 212 Å². The fourth-order valence-electron chi connectivity index (χ4n) is 4.03. The Morgan fingerprint density at radius 3 is 2.09 bits per heavy atom. The SMILES string of the molecule is CCCCCCCCCCOc1ccc(-c2cnc(CCC(C)OCc3ccccc3)nc2)cc1. The first kappa shape index (κ1) is 26.9. The van der Waals surface area contributed by atoms with Crippen molar-refractivity contribution in [3.8, 4) is 16.9 Å². The second-order valence-electron chi connectivity index (χ2n) is 9.38. The fourth-order valence-corrected chi connectivity index (χ4v) is 4.03. The highest BCUT2D eigenvalue weighted by Crippen LogP contribution is 2.22. The second kappa shape index (κ2) is 16.0. The van der Waals surface area contributed by atoms with E-state index in [1.807, 2.05) is 42.7 Å². The molecule has 0 radical (unpaired) electrons. The van der Waals surface area contributed by atoms with Crippen LogP contribution in [0.2, 0.25) is 0 Å². The van der Waals surface area contributed by atoms with Crippen molar-refractivity contribution in [2.24, 2.45) is 0 Å². The van der Waals surface area contributed by atoms with Crippen LogP contribution in [0, 0.1) is 0 Å². The molecule has 0 bridgehead atoms. The van der Waals surface area contributed by atoms with Gasteiger partial charge < -0.3 is 9.47 Å². The van der Waals surface area contributed by atoms with E-state index in [1.165, 1.54) is 50.5 Å². The topological polar surface area (TPSA) is 44.2 Å². The smallest absolute Gasteiger partial charge is 0.128 e. The van der Waals surface area contributed by atoms with Gasteiger partial charge in [-0.05, 0) is 43.0 Å². The van der Waals surface area contributed by atoms with E-state index in [4.69, 9.17) is 9.47 Å². The zero-order valence-corrected chi connectivity index (χ0v) is 21.6. The van der Waals surface area contributed by atoms with Crippen LogP contribution < -0.4 is 4.74 Å². The highest BCUT2D eigenvalue weighted by atomic mass is 16.5. The minimum Gasteiger partial charge on any atom is -0.494 e. The first-order valence-electron chi connectivity index (χ1n) is 13.4. The van der Waals surface area contributed by atoms with Gasteiger partial charge in [0.05, 0.1) is 19.3 Å². The van der Waals surface area contributed by atoms with Crippen LogP contribution in [0.4, 0.5) is 0 Å². The van der Waals surface area contributed by atoms with Crippen LogP contribution in [-0.4, -0.2) is 22.7 Å². The van der Waals surface area contributed by atoms with Gasteiger partial charge in [-0.3, -0.25) is 0 Å². The summed E-state index contributed by atoms with van der Waals surface area (Å²) in [5.41, 5.74) is 3.33. The molecule has 0 aliphatic heterocycles. The Morgan fingerprint density at radius 1 is 0.743 bits per heavy atom. The summed E-state index contributed by atoms with van der Waals surface area (Å²) in [6, 6.07) is 18.5. The molecule has 1 heterocycles. The third-order valence-electron chi connectivity index (χ3n) is 6.31. The van der Waals surface area contributed by atoms with Crippen molar-refractivity contribution >= 4 is 0 Å². The van der Waals surface area contributed by atoms with Crippen LogP contribution in [0.5, 0.6) is 5.75 Å². The molecule has 2 aromatic carbocycles. The Hall–Kier alpha value is -2.72. The zero-order valence-electron chi connectivity index (χ0n) is 21.6. The number of ether oxygens (including phenoxy) is 2. The molecule has 0 N–H and O–H groups in total. The van der Waals surface area contributed by atoms with Gasteiger partial charge in [0, 0.05) is 24.4 Å². The number of rotatable bonds is 17. The quantitative estimate of drug-likeness (QED) is 0.185. The van der Waals surface area contributed by atoms with Gasteiger partial charge in [0.2, 0.25) is 0 Å². The average molecular weight is 475 g/mol. The number of nitrogens with zero attached hydrogens (tertiary/aromatic N) is 2. The lowest BCUT2D eigenvalue weighted by Crippen LogP contribution is -2.10. The van der Waals surface area contributed by atoms with Crippen molar-refractivity contribution in [1.82, 2.24) is 9.97 Å². The molecule has 0 saturated carbocycles. The largest absolute Gasteiger partial charge is 0.494 e. The molecule has 3 aromatic rings. The number of hydrogen-bond donors (Lipinski definition) is 0. The summed E-state index contributed by atoms with van der Waals surface area (Å²) in [7, 11) is 0. The van der Waals surface area contributed by atoms with Crippen LogP contribution >= 0.6 is 0 Å². The number of hydrogen-bond acceptors (Lipinski definition) is 4. The van der Waals surface area contributed by atoms with Crippen molar-refractivity contribution in [2.75, 3.05) is 6.61 Å². The maximum atomic E-state index is 5.95. The lowest BCUT2D eigenvalue weighted by atomic mass is 10.1. The Balaban J connectivity index is 1.33. The van der Waals surface area contributed by atoms with E-state index >= 15 is 0 Å². The Bertz CT molecular complexity index is 926. The molecule has 188 valence electrons. The molecule has 1 unspecified atom stereocenters. The van der Waals surface area contributed by atoms with Crippen LogP contribution in [-0.2, 0) is 17.8 Å². The summed E-state index contributed by atoms with van der Waals surface area (Å²) in [5.74, 6) is 1.79. The molecule has 0 saturated heterocycles. The molecule has 3 rings (SSSR count). The summed E-state index contributed by atoms with van der Waals surface area (Å²) in [6.45, 7) is 5.80. The molecule has 1 aromatic heterocycles. The van der Waals surface area contributed by atoms with Crippen molar-refractivity contribution in [3.63, 3.8) is 0 Å². The van der Waals surface area contributed by atoms with Crippen molar-refractivity contribution in [2.45, 2.75) is 90.8 Å². The molecule has 0 spiro atoms. The number of benzene rings is 2. The van der Waals surface area contributed by atoms with Gasteiger partial charge >= 0.3 is 0 Å². The maximum Gasteiger partial charge on any atom is 0.128 e. The predicted molar refractivity (Wildman–Crippen MR) is 145 cm³/mol. The molecule has 0 amide bonds. The molecule has 35 heavy (non-hydrogen) atoms. The van der Waals surface area contributed by atoms with Gasteiger partial charge in [-0.2, -0.15) is 0 Å². The number of aromatic nitrogens is 2. The zero-order chi connectivity index (χ0) is 24.6. The van der Waals surface area contributed by atoms with Crippen LogP contribution in [0.15, 0.2) is 67.0 Å². The summed E-state index contributed by atoms with van der Waals surface area (Å²) in [6.07, 6.45) is 16.2. The van der Waals surface area contributed by atoms with E-state index in [-0.39, 0.29) is 6.10 Å². The summed E-state index contributed by atoms with van der Waals surface area (Å²) < 4.78 is 11.9. The van der Waals surface area contributed by atoms with Gasteiger partial charge in [0.25, 0.3) is 0 Å². The van der Waals surface area contributed by atoms with E-state index in [9.17, 15) is 0 Å². The van der Waals surface area contributed by atoms with Gasteiger partial charge in [-0.15, -0.1) is 0 Å². The molecule has 4 nitrogen and oxygen atoms in total. The molecule has 0 aliphatic rings. The van der Waals surface area contributed by atoms with Gasteiger partial charge in [-0.25, -0.2) is 9.97 Å². The lowest BCUT2D eigenvalue weighted by Gasteiger charge is -2.12. The maximum absolute atomic E-state index is 5.95. The predicted octanol–water partition coefficient (Wildman–Crippen LogP) is 8.20. The van der Waals surface area contributed by atoms with E-state index in [0.717, 1.165) is 48.6 Å². The minimum atomic E-state index is 0.164. The molecule has 0 fully saturated rings. The first-order chi connectivity index (χ1) is 17.2. The van der Waals surface area contributed by atoms with E-state index in [1.54, 1.807) is 0 Å². The standard InChI is InChI=1S/C31H42N2O2/c1-3-4-5-6-7-8-9-13-22-34-30-19-17-28(18-20-30)29-23-32-31(33-24-29)21-16-26(2)35-25-27-14-11-10-12-15-27/h10-12,14-15,17-20,23-24,26H,3-9,13,16,21-22,25H2,1-2H3. The Morgan fingerprint density at radius 2 is 1.40 bits per heavy atom. The monoisotopic (exact) mass is 474 g/mol. The third kappa shape index (κ3) is 10.6. The highest BCUT2D eigenvalue weighted by molar-refractivity contribution is 5.62. The minimum absolute atomic E-state index is 0.164. The molecule has 1 atom stereocenters. The molecule has 4 heteroatoms. The Kier molecular flexibility index (Phi) is 12.3. The summed E-state index contributed by atoms with van der Waals surface area (Å²) >= 11 is 0. The average Bonchev–Trinajstić information content (AvgIpc) is 2.91. The fraction of sp³-hybridized carbons (Fsp3) is 0.484. The molecular formula is C31H42N2O2. The summed E-state index contributed by atoms with van der Waals surface area (Å²) in [4.78, 5) is 9.14. The van der Waals surface area contributed by atoms with Crippen molar-refractivity contribution in [3.05, 3.63) is 78.4 Å². The molecule has 0 aliphatic carbocycles. The third-order valence-corrected chi connectivity index (χ3v) is 6.31. The van der Waals surface area contributed by atoms with Crippen molar-refractivity contribution in [1.29, 1.82) is 0 Å². The molecular weight excluding hydrogens is 432 g/mol. The van der Waals surface area contributed by atoms with Crippen LogP contribution in [0.1, 0.15) is 83.0 Å². The second-order valence-corrected chi connectivity index (χ2v) is 9.38. The van der Waals surface area contributed by atoms with Gasteiger partial charge in [-0.1, -0.05) is 94.3 Å². The van der Waals surface area contributed by atoms with Crippen LogP contribution in [0.25, 0.3) is 11.1 Å². The van der Waals surface area contributed by atoms with E-state index in [2.05, 4.69) is 48.1 Å².